The van der Waals surface area contributed by atoms with E-state index in [1.54, 1.807) is 6.33 Å². The normalized spacial score (nSPS) is 20.2. The first-order chi connectivity index (χ1) is 5.77. The van der Waals surface area contributed by atoms with Crippen molar-refractivity contribution in [1.82, 2.24) is 15.3 Å². The number of carboxylic acid groups (broad SMARTS) is 1. The van der Waals surface area contributed by atoms with Gasteiger partial charge in [0.2, 0.25) is 0 Å². The number of rotatable bonds is 1. The molecule has 1 unspecified atom stereocenters. The van der Waals surface area contributed by atoms with E-state index in [1.807, 2.05) is 0 Å². The van der Waals surface area contributed by atoms with Crippen molar-refractivity contribution in [2.75, 3.05) is 0 Å². The first-order valence-electron chi connectivity index (χ1n) is 3.72. The van der Waals surface area contributed by atoms with Crippen molar-refractivity contribution in [2.24, 2.45) is 0 Å². The zero-order chi connectivity index (χ0) is 8.55. The van der Waals surface area contributed by atoms with E-state index < -0.39 is 12.0 Å². The van der Waals surface area contributed by atoms with Crippen LogP contribution in [0.25, 0.3) is 0 Å². The average molecular weight is 173 g/mol. The van der Waals surface area contributed by atoms with Crippen molar-refractivity contribution in [2.45, 2.75) is 19.0 Å². The van der Waals surface area contributed by atoms with Crippen LogP contribution in [-0.2, 0) is 17.8 Å². The van der Waals surface area contributed by atoms with Crippen molar-refractivity contribution in [3.05, 3.63) is 17.7 Å². The summed E-state index contributed by atoms with van der Waals surface area (Å²) in [4.78, 5) is 17.4. The molecule has 0 amide bonds. The fraction of sp³-hybridized carbons (Fsp3) is 0.429. The summed E-state index contributed by atoms with van der Waals surface area (Å²) < 4.78 is 0. The molecular formula is C7H8LiN3O2-. The Kier molecular flexibility index (Phi) is 3.15. The van der Waals surface area contributed by atoms with Crippen LogP contribution < -0.4 is 10.4 Å². The van der Waals surface area contributed by atoms with Gasteiger partial charge in [-0.25, -0.2) is 4.98 Å². The minimum Gasteiger partial charge on any atom is -0.548 e. The topological polar surface area (TPSA) is 80.8 Å². The number of aliphatic carboxylic acids is 1. The molecule has 65 valence electrons. The Morgan fingerprint density at radius 3 is 3.15 bits per heavy atom. The van der Waals surface area contributed by atoms with Gasteiger partial charge in [-0.15, -0.1) is 0 Å². The standard InChI is InChI=1S/C7H9N3O2.Li/c11-7(12)5-1-4-6(2-8-5)10-3-9-4;/h3,5,8H,1-2H2,(H,9,10)(H,11,12);/p-1. The molecule has 13 heavy (non-hydrogen) atoms. The molecule has 2 rings (SSSR count). The molecule has 0 saturated carbocycles. The molecule has 0 fully saturated rings. The Hall–Kier alpha value is -0.763. The number of aromatic nitrogens is 2. The Labute approximate surface area is 87.1 Å². The second-order valence-corrected chi connectivity index (χ2v) is 2.78. The van der Waals surface area contributed by atoms with Crippen LogP contribution in [0, 0.1) is 0 Å². The SMILES string of the molecule is O=C([O-])C1Cc2nc[nH]c2CN1.[Li]. The maximum atomic E-state index is 10.5. The fourth-order valence-corrected chi connectivity index (χ4v) is 1.34. The van der Waals surface area contributed by atoms with Crippen LogP contribution in [0.15, 0.2) is 6.33 Å². The number of nitrogens with one attached hydrogen (secondary N) is 2. The van der Waals surface area contributed by atoms with E-state index in [4.69, 9.17) is 0 Å². The van der Waals surface area contributed by atoms with Gasteiger partial charge in [-0.1, -0.05) is 0 Å². The summed E-state index contributed by atoms with van der Waals surface area (Å²) in [6.07, 6.45) is 1.98. The van der Waals surface area contributed by atoms with Crippen LogP contribution in [0.2, 0.25) is 0 Å². The molecule has 0 saturated heterocycles. The summed E-state index contributed by atoms with van der Waals surface area (Å²) in [5, 5.41) is 13.3. The van der Waals surface area contributed by atoms with Gasteiger partial charge in [0, 0.05) is 31.8 Å². The molecule has 1 aromatic rings. The van der Waals surface area contributed by atoms with Crippen molar-refractivity contribution in [1.29, 1.82) is 0 Å². The van der Waals surface area contributed by atoms with Gasteiger partial charge in [-0.05, 0) is 0 Å². The maximum Gasteiger partial charge on any atom is 0.0925 e. The molecule has 1 aliphatic heterocycles. The molecule has 1 aromatic heterocycles. The number of hydrogen-bond acceptors (Lipinski definition) is 4. The van der Waals surface area contributed by atoms with Crippen LogP contribution in [0.3, 0.4) is 0 Å². The molecule has 0 aromatic carbocycles. The molecule has 0 aliphatic carbocycles. The van der Waals surface area contributed by atoms with E-state index in [1.165, 1.54) is 0 Å². The van der Waals surface area contributed by atoms with E-state index >= 15 is 0 Å². The van der Waals surface area contributed by atoms with Gasteiger partial charge in [0.05, 0.1) is 29.7 Å². The average Bonchev–Trinajstić information content (AvgIpc) is 2.49. The molecule has 1 atom stereocenters. The zero-order valence-corrected chi connectivity index (χ0v) is 7.33. The number of carbonyl (C=O) groups excluding carboxylic acids is 1. The monoisotopic (exact) mass is 173 g/mol. The van der Waals surface area contributed by atoms with Gasteiger partial charge < -0.3 is 20.2 Å². The molecule has 5 nitrogen and oxygen atoms in total. The molecule has 1 aliphatic rings. The first-order valence-corrected chi connectivity index (χ1v) is 3.72. The minimum absolute atomic E-state index is 0. The minimum atomic E-state index is -1.07. The van der Waals surface area contributed by atoms with Gasteiger partial charge in [-0.2, -0.15) is 0 Å². The second-order valence-electron chi connectivity index (χ2n) is 2.78. The van der Waals surface area contributed by atoms with Crippen LogP contribution >= 0.6 is 0 Å². The number of nitrogens with zero attached hydrogens (tertiary/aromatic N) is 1. The third-order valence-corrected chi connectivity index (χ3v) is 2.01. The van der Waals surface area contributed by atoms with Crippen LogP contribution in [0.4, 0.5) is 0 Å². The summed E-state index contributed by atoms with van der Waals surface area (Å²) in [5.41, 5.74) is 1.79. The number of imidazole rings is 1. The first kappa shape index (κ1) is 10.3. The summed E-state index contributed by atoms with van der Waals surface area (Å²) in [6.45, 7) is 0.522. The summed E-state index contributed by atoms with van der Waals surface area (Å²) in [5.74, 6) is -1.07. The van der Waals surface area contributed by atoms with Gasteiger partial charge in [0.25, 0.3) is 0 Å². The van der Waals surface area contributed by atoms with Crippen molar-refractivity contribution in [3.63, 3.8) is 0 Å². The molecule has 0 spiro atoms. The molecule has 2 N–H and O–H groups in total. The van der Waals surface area contributed by atoms with Gasteiger partial charge in [-0.3, -0.25) is 0 Å². The number of aromatic amines is 1. The maximum absolute atomic E-state index is 10.5. The van der Waals surface area contributed by atoms with Crippen LogP contribution in [0.1, 0.15) is 11.4 Å². The number of fused-ring (bicyclic) bond motifs is 1. The van der Waals surface area contributed by atoms with Gasteiger partial charge in [0.1, 0.15) is 0 Å². The van der Waals surface area contributed by atoms with Crippen molar-refractivity contribution >= 4 is 24.8 Å². The summed E-state index contributed by atoms with van der Waals surface area (Å²) >= 11 is 0. The number of carbonyl (C=O) groups is 1. The van der Waals surface area contributed by atoms with E-state index in [9.17, 15) is 9.90 Å². The van der Waals surface area contributed by atoms with E-state index in [0.29, 0.717) is 13.0 Å². The predicted octanol–water partition coefficient (Wildman–Crippen LogP) is -2.21. The molecule has 1 radical (unpaired) electrons. The Morgan fingerprint density at radius 2 is 2.46 bits per heavy atom. The smallest absolute Gasteiger partial charge is 0.0925 e. The Bertz CT molecular complexity index is 312. The summed E-state index contributed by atoms with van der Waals surface area (Å²) in [6, 6.07) is -0.596. The number of H-pyrrole nitrogens is 1. The quantitative estimate of drug-likeness (QED) is 0.472. The predicted molar refractivity (Wildman–Crippen MR) is 43.7 cm³/mol. The Balaban J connectivity index is 0.000000845. The van der Waals surface area contributed by atoms with E-state index in [0.717, 1.165) is 11.4 Å². The van der Waals surface area contributed by atoms with Crippen LogP contribution in [-0.4, -0.2) is 40.8 Å². The van der Waals surface area contributed by atoms with Crippen molar-refractivity contribution in [3.8, 4) is 0 Å². The fourth-order valence-electron chi connectivity index (χ4n) is 1.34. The number of carboxylic acids is 1. The third kappa shape index (κ3) is 1.94. The molecule has 6 heteroatoms. The van der Waals surface area contributed by atoms with Gasteiger partial charge >= 0.3 is 0 Å². The zero-order valence-electron chi connectivity index (χ0n) is 7.33. The Morgan fingerprint density at radius 1 is 1.69 bits per heavy atom. The second kappa shape index (κ2) is 3.96. The van der Waals surface area contributed by atoms with Crippen LogP contribution in [0.5, 0.6) is 0 Å². The molecular weight excluding hydrogens is 165 g/mol. The van der Waals surface area contributed by atoms with E-state index in [2.05, 4.69) is 15.3 Å². The molecule has 0 bridgehead atoms. The van der Waals surface area contributed by atoms with Crippen molar-refractivity contribution < 1.29 is 9.90 Å². The summed E-state index contributed by atoms with van der Waals surface area (Å²) in [7, 11) is 0. The number of hydrogen-bond donors (Lipinski definition) is 2. The van der Waals surface area contributed by atoms with E-state index in [-0.39, 0.29) is 18.9 Å². The molecule has 2 heterocycles. The largest absolute Gasteiger partial charge is 0.548 e. The van der Waals surface area contributed by atoms with Gasteiger partial charge in [0.15, 0.2) is 0 Å². The third-order valence-electron chi connectivity index (χ3n) is 2.01.